The minimum absolute atomic E-state index is 0.0150. The van der Waals surface area contributed by atoms with Crippen molar-refractivity contribution in [3.63, 3.8) is 0 Å². The van der Waals surface area contributed by atoms with E-state index in [9.17, 15) is 8.42 Å². The van der Waals surface area contributed by atoms with E-state index in [0.29, 0.717) is 0 Å². The molecule has 12 heavy (non-hydrogen) atoms. The molecule has 2 N–H and O–H groups in total. The Labute approximate surface area is 73.9 Å². The lowest BCUT2D eigenvalue weighted by Crippen LogP contribution is -2.42. The average Bonchev–Trinajstić information content (AvgIpc) is 2.69. The molecular weight excluding hydrogens is 176 g/mol. The van der Waals surface area contributed by atoms with E-state index in [1.165, 1.54) is 0 Å². The molecule has 0 saturated heterocycles. The predicted molar refractivity (Wildman–Crippen MR) is 48.0 cm³/mol. The third-order valence-electron chi connectivity index (χ3n) is 1.87. The maximum absolute atomic E-state index is 11.2. The summed E-state index contributed by atoms with van der Waals surface area (Å²) in [5.74, 6) is 0. The van der Waals surface area contributed by atoms with Crippen molar-refractivity contribution in [1.29, 1.82) is 0 Å². The Morgan fingerprint density at radius 2 is 2.08 bits per heavy atom. The van der Waals surface area contributed by atoms with Crippen LogP contribution in [0.3, 0.4) is 0 Å². The van der Waals surface area contributed by atoms with Crippen LogP contribution < -0.4 is 9.44 Å². The van der Waals surface area contributed by atoms with E-state index in [4.69, 9.17) is 0 Å². The van der Waals surface area contributed by atoms with Gasteiger partial charge in [0, 0.05) is 12.1 Å². The van der Waals surface area contributed by atoms with Gasteiger partial charge in [-0.05, 0) is 26.2 Å². The van der Waals surface area contributed by atoms with Crippen molar-refractivity contribution < 1.29 is 8.42 Å². The van der Waals surface area contributed by atoms with Crippen LogP contribution in [0.5, 0.6) is 0 Å². The molecule has 0 aliphatic heterocycles. The minimum Gasteiger partial charge on any atom is -0.200 e. The van der Waals surface area contributed by atoms with Gasteiger partial charge >= 0.3 is 0 Å². The standard InChI is InChI=1S/C7H16N2O2S/c1-3-6(2)8-12(10,11)9-7-4-5-7/h6-9H,3-5H2,1-2H3. The highest BCUT2D eigenvalue weighted by Crippen LogP contribution is 2.19. The van der Waals surface area contributed by atoms with Crippen LogP contribution in [-0.4, -0.2) is 20.5 Å². The summed E-state index contributed by atoms with van der Waals surface area (Å²) < 4.78 is 27.6. The maximum Gasteiger partial charge on any atom is 0.277 e. The minimum atomic E-state index is -3.23. The molecule has 0 bridgehead atoms. The van der Waals surface area contributed by atoms with Gasteiger partial charge in [0.2, 0.25) is 0 Å². The first-order chi connectivity index (χ1) is 5.53. The van der Waals surface area contributed by atoms with Crippen molar-refractivity contribution in [2.45, 2.75) is 45.2 Å². The van der Waals surface area contributed by atoms with E-state index in [1.54, 1.807) is 0 Å². The van der Waals surface area contributed by atoms with Gasteiger partial charge in [-0.25, -0.2) is 0 Å². The Bertz CT molecular complexity index is 234. The first-order valence-corrected chi connectivity index (χ1v) is 5.81. The van der Waals surface area contributed by atoms with Crippen molar-refractivity contribution in [3.05, 3.63) is 0 Å². The molecule has 1 aliphatic rings. The lowest BCUT2D eigenvalue weighted by atomic mass is 10.3. The molecule has 1 unspecified atom stereocenters. The van der Waals surface area contributed by atoms with E-state index in [2.05, 4.69) is 9.44 Å². The molecule has 72 valence electrons. The molecule has 0 aromatic rings. The van der Waals surface area contributed by atoms with Gasteiger partial charge in [0.25, 0.3) is 10.2 Å². The summed E-state index contributed by atoms with van der Waals surface area (Å²) in [7, 11) is -3.23. The van der Waals surface area contributed by atoms with Crippen LogP contribution in [0, 0.1) is 0 Å². The van der Waals surface area contributed by atoms with E-state index in [-0.39, 0.29) is 12.1 Å². The fourth-order valence-electron chi connectivity index (χ4n) is 0.803. The molecule has 1 aliphatic carbocycles. The van der Waals surface area contributed by atoms with Crippen LogP contribution in [0.15, 0.2) is 0 Å². The van der Waals surface area contributed by atoms with Gasteiger partial charge in [-0.15, -0.1) is 0 Å². The summed E-state index contributed by atoms with van der Waals surface area (Å²) in [4.78, 5) is 0. The summed E-state index contributed by atoms with van der Waals surface area (Å²) in [5.41, 5.74) is 0. The Balaban J connectivity index is 2.36. The largest absolute Gasteiger partial charge is 0.277 e. The van der Waals surface area contributed by atoms with E-state index in [1.807, 2.05) is 13.8 Å². The first-order valence-electron chi connectivity index (χ1n) is 4.33. The van der Waals surface area contributed by atoms with Gasteiger partial charge in [0.1, 0.15) is 0 Å². The summed E-state index contributed by atoms with van der Waals surface area (Å²) in [6, 6.07) is 0.202. The summed E-state index contributed by atoms with van der Waals surface area (Å²) in [5, 5.41) is 0. The molecule has 1 fully saturated rings. The van der Waals surface area contributed by atoms with Crippen LogP contribution in [0.2, 0.25) is 0 Å². The summed E-state index contributed by atoms with van der Waals surface area (Å²) in [6.07, 6.45) is 2.76. The SMILES string of the molecule is CCC(C)NS(=O)(=O)NC1CC1. The summed E-state index contributed by atoms with van der Waals surface area (Å²) in [6.45, 7) is 3.80. The third-order valence-corrected chi connectivity index (χ3v) is 3.22. The molecule has 1 atom stereocenters. The first kappa shape index (κ1) is 9.95. The molecular formula is C7H16N2O2S. The lowest BCUT2D eigenvalue weighted by Gasteiger charge is -2.11. The molecule has 0 amide bonds. The zero-order chi connectivity index (χ0) is 9.19. The molecule has 4 nitrogen and oxygen atoms in total. The van der Waals surface area contributed by atoms with Crippen LogP contribution in [-0.2, 0) is 10.2 Å². The number of rotatable bonds is 5. The van der Waals surface area contributed by atoms with Crippen molar-refractivity contribution >= 4 is 10.2 Å². The Morgan fingerprint density at radius 3 is 2.50 bits per heavy atom. The van der Waals surface area contributed by atoms with Gasteiger partial charge in [-0.3, -0.25) is 0 Å². The number of nitrogens with one attached hydrogen (secondary N) is 2. The van der Waals surface area contributed by atoms with Crippen LogP contribution >= 0.6 is 0 Å². The van der Waals surface area contributed by atoms with Crippen molar-refractivity contribution in [2.75, 3.05) is 0 Å². The molecule has 0 radical (unpaired) electrons. The topological polar surface area (TPSA) is 58.2 Å². The van der Waals surface area contributed by atoms with Crippen LogP contribution in [0.1, 0.15) is 33.1 Å². The zero-order valence-electron chi connectivity index (χ0n) is 7.50. The van der Waals surface area contributed by atoms with Crippen LogP contribution in [0.4, 0.5) is 0 Å². The smallest absolute Gasteiger partial charge is 0.200 e. The molecule has 5 heteroatoms. The fourth-order valence-corrected chi connectivity index (χ4v) is 2.24. The zero-order valence-corrected chi connectivity index (χ0v) is 8.32. The van der Waals surface area contributed by atoms with Gasteiger partial charge in [-0.2, -0.15) is 17.9 Å². The molecule has 0 aromatic heterocycles. The van der Waals surface area contributed by atoms with E-state index in [0.717, 1.165) is 19.3 Å². The van der Waals surface area contributed by atoms with Crippen molar-refractivity contribution in [3.8, 4) is 0 Å². The molecule has 0 spiro atoms. The highest BCUT2D eigenvalue weighted by atomic mass is 32.2. The monoisotopic (exact) mass is 192 g/mol. The highest BCUT2D eigenvalue weighted by Gasteiger charge is 2.27. The molecule has 1 rings (SSSR count). The normalized spacial score (nSPS) is 20.8. The van der Waals surface area contributed by atoms with Gasteiger partial charge < -0.3 is 0 Å². The molecule has 1 saturated carbocycles. The lowest BCUT2D eigenvalue weighted by molar-refractivity contribution is 0.542. The third kappa shape index (κ3) is 3.51. The molecule has 0 heterocycles. The van der Waals surface area contributed by atoms with Gasteiger partial charge in [-0.1, -0.05) is 6.92 Å². The summed E-state index contributed by atoms with van der Waals surface area (Å²) >= 11 is 0. The van der Waals surface area contributed by atoms with E-state index >= 15 is 0 Å². The van der Waals surface area contributed by atoms with Gasteiger partial charge in [0.15, 0.2) is 0 Å². The fraction of sp³-hybridized carbons (Fsp3) is 1.00. The predicted octanol–water partition coefficient (Wildman–Crippen LogP) is 0.371. The van der Waals surface area contributed by atoms with Crippen molar-refractivity contribution in [2.24, 2.45) is 0 Å². The Kier molecular flexibility index (Phi) is 3.09. The number of hydrogen-bond donors (Lipinski definition) is 2. The van der Waals surface area contributed by atoms with E-state index < -0.39 is 10.2 Å². The van der Waals surface area contributed by atoms with Gasteiger partial charge in [0.05, 0.1) is 0 Å². The van der Waals surface area contributed by atoms with Crippen molar-refractivity contribution in [1.82, 2.24) is 9.44 Å². The Hall–Kier alpha value is -0.130. The maximum atomic E-state index is 11.2. The van der Waals surface area contributed by atoms with Crippen LogP contribution in [0.25, 0.3) is 0 Å². The average molecular weight is 192 g/mol. The second-order valence-corrected chi connectivity index (χ2v) is 4.80. The Morgan fingerprint density at radius 1 is 1.50 bits per heavy atom. The highest BCUT2D eigenvalue weighted by molar-refractivity contribution is 7.87. The molecule has 0 aromatic carbocycles. The second-order valence-electron chi connectivity index (χ2n) is 3.32. The quantitative estimate of drug-likeness (QED) is 0.661. The second kappa shape index (κ2) is 3.72. The number of hydrogen-bond acceptors (Lipinski definition) is 2.